The second kappa shape index (κ2) is 8.04. The molecule has 1 amide bonds. The van der Waals surface area contributed by atoms with E-state index in [1.165, 1.54) is 18.3 Å². The number of carbonyl (C=O) groups excluding carboxylic acids is 2. The molecule has 0 saturated carbocycles. The summed E-state index contributed by atoms with van der Waals surface area (Å²) in [5, 5.41) is 6.78. The van der Waals surface area contributed by atoms with Crippen molar-refractivity contribution in [2.24, 2.45) is 0 Å². The minimum Gasteiger partial charge on any atom is -0.497 e. The lowest BCUT2D eigenvalue weighted by Crippen LogP contribution is -2.33. The third-order valence-corrected chi connectivity index (χ3v) is 5.66. The summed E-state index contributed by atoms with van der Waals surface area (Å²) < 4.78 is 6.04. The molecule has 0 saturated heterocycles. The number of halogens is 1. The monoisotopic (exact) mass is 418 g/mol. The van der Waals surface area contributed by atoms with Gasteiger partial charge in [-0.2, -0.15) is 0 Å². The van der Waals surface area contributed by atoms with E-state index in [2.05, 4.69) is 10.6 Å². The van der Waals surface area contributed by atoms with Gasteiger partial charge in [-0.05, 0) is 49.5 Å². The highest BCUT2D eigenvalue weighted by Gasteiger charge is 2.18. The van der Waals surface area contributed by atoms with Gasteiger partial charge < -0.3 is 10.1 Å². The number of ether oxygens (including phenoxy) is 1. The summed E-state index contributed by atoms with van der Waals surface area (Å²) in [7, 11) is 1.58. The number of ketones is 1. The summed E-state index contributed by atoms with van der Waals surface area (Å²) in [4.78, 5) is 24.4. The molecule has 3 rings (SSSR count). The van der Waals surface area contributed by atoms with Crippen molar-refractivity contribution in [3.63, 3.8) is 0 Å². The Labute approximate surface area is 170 Å². The Kier molecular flexibility index (Phi) is 5.74. The standard InChI is InChI=1S/C19H15ClN2O3S2/c1-10(23)11-4-3-5-12(8-11)21-19(26)22-18(24)17-16(20)14-7-6-13(25-2)9-15(14)27-17/h3-9H,1-2H3,(H2,21,22,24,26). The number of amides is 1. The lowest BCUT2D eigenvalue weighted by Gasteiger charge is -2.09. The Bertz CT molecular complexity index is 1060. The minimum absolute atomic E-state index is 0.0545. The van der Waals surface area contributed by atoms with Gasteiger partial charge in [0.1, 0.15) is 10.6 Å². The summed E-state index contributed by atoms with van der Waals surface area (Å²) in [5.41, 5.74) is 1.16. The van der Waals surface area contributed by atoms with Gasteiger partial charge in [-0.1, -0.05) is 23.7 Å². The molecular formula is C19H15ClN2O3S2. The van der Waals surface area contributed by atoms with E-state index in [4.69, 9.17) is 28.6 Å². The van der Waals surface area contributed by atoms with E-state index in [1.54, 1.807) is 37.4 Å². The van der Waals surface area contributed by atoms with Gasteiger partial charge in [0.2, 0.25) is 0 Å². The van der Waals surface area contributed by atoms with Crippen molar-refractivity contribution in [3.8, 4) is 5.75 Å². The lowest BCUT2D eigenvalue weighted by atomic mass is 10.1. The topological polar surface area (TPSA) is 67.4 Å². The normalized spacial score (nSPS) is 10.5. The molecule has 0 unspecified atom stereocenters. The molecule has 0 spiro atoms. The van der Waals surface area contributed by atoms with Crippen LogP contribution in [0.25, 0.3) is 10.1 Å². The van der Waals surface area contributed by atoms with Crippen LogP contribution in [0.3, 0.4) is 0 Å². The predicted octanol–water partition coefficient (Wildman–Crippen LogP) is 4.89. The number of Topliss-reactive ketones (excluding diaryl/α,β-unsaturated/α-hetero) is 1. The zero-order chi connectivity index (χ0) is 19.6. The van der Waals surface area contributed by atoms with Crippen molar-refractivity contribution in [1.29, 1.82) is 0 Å². The summed E-state index contributed by atoms with van der Waals surface area (Å²) in [6.45, 7) is 1.48. The number of fused-ring (bicyclic) bond motifs is 1. The first-order valence-corrected chi connectivity index (χ1v) is 9.48. The van der Waals surface area contributed by atoms with Gasteiger partial charge in [0.05, 0.1) is 12.1 Å². The van der Waals surface area contributed by atoms with Crippen LogP contribution >= 0.6 is 35.2 Å². The summed E-state index contributed by atoms with van der Waals surface area (Å²) in [5.74, 6) is 0.233. The number of thiocarbonyl (C=S) groups is 1. The number of hydrogen-bond acceptors (Lipinski definition) is 5. The van der Waals surface area contributed by atoms with Crippen LogP contribution in [0.4, 0.5) is 5.69 Å². The molecule has 0 fully saturated rings. The molecule has 1 aromatic heterocycles. The van der Waals surface area contributed by atoms with Crippen LogP contribution < -0.4 is 15.4 Å². The number of thiophene rings is 1. The van der Waals surface area contributed by atoms with Gasteiger partial charge in [-0.25, -0.2) is 0 Å². The Morgan fingerprint density at radius 1 is 1.19 bits per heavy atom. The van der Waals surface area contributed by atoms with Crippen molar-refractivity contribution >= 4 is 67.7 Å². The van der Waals surface area contributed by atoms with Crippen LogP contribution in [-0.2, 0) is 0 Å². The Hall–Kier alpha value is -2.48. The zero-order valence-corrected chi connectivity index (χ0v) is 16.8. The highest BCUT2D eigenvalue weighted by atomic mass is 35.5. The van der Waals surface area contributed by atoms with E-state index in [1.807, 2.05) is 12.1 Å². The van der Waals surface area contributed by atoms with Gasteiger partial charge in [0.25, 0.3) is 5.91 Å². The van der Waals surface area contributed by atoms with Gasteiger partial charge in [-0.3, -0.25) is 14.9 Å². The van der Waals surface area contributed by atoms with Crippen LogP contribution in [0.15, 0.2) is 42.5 Å². The lowest BCUT2D eigenvalue weighted by molar-refractivity contribution is 0.0979. The molecule has 0 aliphatic carbocycles. The first-order chi connectivity index (χ1) is 12.9. The quantitative estimate of drug-likeness (QED) is 0.466. The number of rotatable bonds is 4. The molecule has 0 bridgehead atoms. The van der Waals surface area contributed by atoms with Gasteiger partial charge in [0.15, 0.2) is 10.9 Å². The minimum atomic E-state index is -0.402. The molecule has 0 atom stereocenters. The second-order valence-corrected chi connectivity index (χ2v) is 7.49. The number of anilines is 1. The third-order valence-electron chi connectivity index (χ3n) is 3.80. The van der Waals surface area contributed by atoms with E-state index < -0.39 is 5.91 Å². The van der Waals surface area contributed by atoms with Crippen LogP contribution in [0, 0.1) is 0 Å². The van der Waals surface area contributed by atoms with E-state index in [-0.39, 0.29) is 10.9 Å². The molecule has 0 aliphatic heterocycles. The van der Waals surface area contributed by atoms with E-state index >= 15 is 0 Å². The van der Waals surface area contributed by atoms with Gasteiger partial charge in [0, 0.05) is 21.3 Å². The van der Waals surface area contributed by atoms with Gasteiger partial charge in [-0.15, -0.1) is 11.3 Å². The first-order valence-electron chi connectivity index (χ1n) is 7.88. The highest BCUT2D eigenvalue weighted by Crippen LogP contribution is 2.37. The van der Waals surface area contributed by atoms with E-state index in [9.17, 15) is 9.59 Å². The average molecular weight is 419 g/mol. The van der Waals surface area contributed by atoms with Crippen molar-refractivity contribution in [2.45, 2.75) is 6.92 Å². The fraction of sp³-hybridized carbons (Fsp3) is 0.105. The summed E-state index contributed by atoms with van der Waals surface area (Å²) >= 11 is 12.8. The summed E-state index contributed by atoms with van der Waals surface area (Å²) in [6.07, 6.45) is 0. The SMILES string of the molecule is COc1ccc2c(Cl)c(C(=O)NC(=S)Nc3cccc(C(C)=O)c3)sc2c1. The van der Waals surface area contributed by atoms with Gasteiger partial charge >= 0.3 is 0 Å². The van der Waals surface area contributed by atoms with Crippen LogP contribution in [0.1, 0.15) is 27.0 Å². The highest BCUT2D eigenvalue weighted by molar-refractivity contribution is 7.80. The number of carbonyl (C=O) groups is 2. The van der Waals surface area contributed by atoms with Crippen molar-refractivity contribution in [3.05, 3.63) is 57.9 Å². The van der Waals surface area contributed by atoms with Crippen LogP contribution in [0.5, 0.6) is 5.75 Å². The average Bonchev–Trinajstić information content (AvgIpc) is 2.98. The van der Waals surface area contributed by atoms with Crippen LogP contribution in [-0.4, -0.2) is 23.9 Å². The predicted molar refractivity (Wildman–Crippen MR) is 114 cm³/mol. The summed E-state index contributed by atoms with van der Waals surface area (Å²) in [6, 6.07) is 12.3. The number of hydrogen-bond donors (Lipinski definition) is 2. The smallest absolute Gasteiger partial charge is 0.269 e. The molecule has 0 radical (unpaired) electrons. The molecule has 27 heavy (non-hydrogen) atoms. The van der Waals surface area contributed by atoms with Crippen LogP contribution in [0.2, 0.25) is 5.02 Å². The maximum Gasteiger partial charge on any atom is 0.269 e. The number of benzene rings is 2. The van der Waals surface area contributed by atoms with Crippen molar-refractivity contribution in [1.82, 2.24) is 5.32 Å². The molecule has 1 heterocycles. The largest absolute Gasteiger partial charge is 0.497 e. The third kappa shape index (κ3) is 4.27. The number of methoxy groups -OCH3 is 1. The van der Waals surface area contributed by atoms with E-state index in [0.717, 1.165) is 10.1 Å². The molecule has 5 nitrogen and oxygen atoms in total. The maximum absolute atomic E-state index is 12.6. The van der Waals surface area contributed by atoms with E-state index in [0.29, 0.717) is 26.9 Å². The fourth-order valence-electron chi connectivity index (χ4n) is 2.46. The first kappa shape index (κ1) is 19.3. The molecule has 3 aromatic rings. The molecule has 2 N–H and O–H groups in total. The Balaban J connectivity index is 1.76. The molecule has 2 aromatic carbocycles. The molecule has 138 valence electrons. The molecular weight excluding hydrogens is 404 g/mol. The Morgan fingerprint density at radius 3 is 2.67 bits per heavy atom. The molecule has 8 heteroatoms. The fourth-order valence-corrected chi connectivity index (χ4v) is 4.11. The second-order valence-electron chi connectivity index (χ2n) is 5.65. The molecule has 0 aliphatic rings. The number of nitrogens with one attached hydrogen (secondary N) is 2. The van der Waals surface area contributed by atoms with Crippen molar-refractivity contribution < 1.29 is 14.3 Å². The maximum atomic E-state index is 12.6. The zero-order valence-electron chi connectivity index (χ0n) is 14.5. The van der Waals surface area contributed by atoms with Crippen molar-refractivity contribution in [2.75, 3.05) is 12.4 Å². The Morgan fingerprint density at radius 2 is 1.96 bits per heavy atom.